The third-order valence-corrected chi connectivity index (χ3v) is 6.33. The number of oxazole rings is 1. The van der Waals surface area contributed by atoms with E-state index in [2.05, 4.69) is 26.2 Å². The summed E-state index contributed by atoms with van der Waals surface area (Å²) in [7, 11) is -0.943. The van der Waals surface area contributed by atoms with Crippen LogP contribution in [0.5, 0.6) is 0 Å². The van der Waals surface area contributed by atoms with Crippen molar-refractivity contribution in [3.63, 3.8) is 0 Å². The minimum Gasteiger partial charge on any atom is -0.420 e. The average Bonchev–Trinajstić information content (AvgIpc) is 3.12. The third kappa shape index (κ3) is 4.50. The van der Waals surface area contributed by atoms with Gasteiger partial charge in [-0.25, -0.2) is 0 Å². The summed E-state index contributed by atoms with van der Waals surface area (Å²) >= 11 is 3.40. The van der Waals surface area contributed by atoms with Crippen LogP contribution in [0.3, 0.4) is 0 Å². The molecule has 0 spiro atoms. The predicted octanol–water partition coefficient (Wildman–Crippen LogP) is 5.14. The monoisotopic (exact) mass is 450 g/mol. The minimum absolute atomic E-state index is 0.123. The fourth-order valence-electron chi connectivity index (χ4n) is 2.46. The summed E-state index contributed by atoms with van der Waals surface area (Å²) in [5.41, 5.74) is 3.11. The summed E-state index contributed by atoms with van der Waals surface area (Å²) < 4.78 is 29.9. The quantitative estimate of drug-likeness (QED) is 0.502. The number of halogens is 1. The Morgan fingerprint density at radius 1 is 1.07 bits per heavy atom. The molecule has 0 unspecified atom stereocenters. The summed E-state index contributed by atoms with van der Waals surface area (Å²) in [5.74, 6) is 0.596. The fraction of sp³-hybridized carbons (Fsp3) is 0.211. The van der Waals surface area contributed by atoms with Gasteiger partial charge in [-0.05, 0) is 36.8 Å². The fourth-order valence-corrected chi connectivity index (χ4v) is 3.81. The lowest BCUT2D eigenvalue weighted by atomic mass is 10.1. The highest BCUT2D eigenvalue weighted by atomic mass is 79.9. The van der Waals surface area contributed by atoms with Crippen molar-refractivity contribution in [1.82, 2.24) is 4.98 Å². The molecule has 27 heavy (non-hydrogen) atoms. The molecule has 0 amide bonds. The normalized spacial score (nSPS) is 11.6. The van der Waals surface area contributed by atoms with Crippen LogP contribution in [0.25, 0.3) is 11.5 Å². The van der Waals surface area contributed by atoms with Gasteiger partial charge in [-0.1, -0.05) is 45.8 Å². The SMILES string of the molecule is COP(=O)(OC)c1nc(-c2ccc(Br)cc2)oc1NCc1ccc(C)cc1. The Balaban J connectivity index is 1.95. The van der Waals surface area contributed by atoms with Crippen molar-refractivity contribution < 1.29 is 18.0 Å². The van der Waals surface area contributed by atoms with Crippen molar-refractivity contribution in [2.24, 2.45) is 0 Å². The van der Waals surface area contributed by atoms with Gasteiger partial charge >= 0.3 is 7.60 Å². The summed E-state index contributed by atoms with van der Waals surface area (Å²) in [6.07, 6.45) is 0. The maximum atomic E-state index is 12.9. The molecule has 2 aromatic carbocycles. The Morgan fingerprint density at radius 2 is 1.70 bits per heavy atom. The number of hydrogen-bond acceptors (Lipinski definition) is 6. The molecule has 0 atom stereocenters. The lowest BCUT2D eigenvalue weighted by Crippen LogP contribution is -2.14. The predicted molar refractivity (Wildman–Crippen MR) is 109 cm³/mol. The van der Waals surface area contributed by atoms with Crippen molar-refractivity contribution in [3.8, 4) is 11.5 Å². The van der Waals surface area contributed by atoms with Gasteiger partial charge in [0.2, 0.25) is 17.2 Å². The molecule has 0 aliphatic heterocycles. The maximum absolute atomic E-state index is 12.9. The van der Waals surface area contributed by atoms with Gasteiger partial charge in [-0.3, -0.25) is 4.57 Å². The van der Waals surface area contributed by atoms with E-state index in [0.717, 1.165) is 15.6 Å². The van der Waals surface area contributed by atoms with E-state index in [9.17, 15) is 4.57 Å². The van der Waals surface area contributed by atoms with Gasteiger partial charge in [0.1, 0.15) is 0 Å². The van der Waals surface area contributed by atoms with Gasteiger partial charge in [-0.15, -0.1) is 0 Å². The van der Waals surface area contributed by atoms with Crippen molar-refractivity contribution >= 4 is 34.8 Å². The zero-order valence-electron chi connectivity index (χ0n) is 15.2. The van der Waals surface area contributed by atoms with E-state index in [1.807, 2.05) is 55.5 Å². The Hall–Kier alpha value is -1.92. The van der Waals surface area contributed by atoms with Crippen LogP contribution in [-0.2, 0) is 20.2 Å². The number of aryl methyl sites for hydroxylation is 1. The van der Waals surface area contributed by atoms with Crippen LogP contribution in [0, 0.1) is 6.92 Å². The Kier molecular flexibility index (Phi) is 6.17. The van der Waals surface area contributed by atoms with Gasteiger partial charge in [0.05, 0.1) is 0 Å². The van der Waals surface area contributed by atoms with E-state index in [4.69, 9.17) is 13.5 Å². The van der Waals surface area contributed by atoms with Crippen LogP contribution >= 0.6 is 23.5 Å². The van der Waals surface area contributed by atoms with Crippen LogP contribution in [0.2, 0.25) is 0 Å². The molecule has 0 aliphatic rings. The van der Waals surface area contributed by atoms with Crippen LogP contribution in [0.1, 0.15) is 11.1 Å². The number of nitrogens with zero attached hydrogens (tertiary/aromatic N) is 1. The van der Waals surface area contributed by atoms with Crippen molar-refractivity contribution in [1.29, 1.82) is 0 Å². The molecule has 1 heterocycles. The smallest absolute Gasteiger partial charge is 0.384 e. The first-order valence-electron chi connectivity index (χ1n) is 8.23. The van der Waals surface area contributed by atoms with Gasteiger partial charge in [0, 0.05) is 30.8 Å². The summed E-state index contributed by atoms with van der Waals surface area (Å²) in [6, 6.07) is 15.6. The van der Waals surface area contributed by atoms with Crippen molar-refractivity contribution in [2.45, 2.75) is 13.5 Å². The lowest BCUT2D eigenvalue weighted by molar-refractivity contribution is 0.286. The summed E-state index contributed by atoms with van der Waals surface area (Å²) in [4.78, 5) is 4.39. The molecule has 1 aromatic heterocycles. The zero-order chi connectivity index (χ0) is 19.4. The second-order valence-electron chi connectivity index (χ2n) is 5.88. The molecule has 0 saturated heterocycles. The minimum atomic E-state index is -3.59. The molecule has 6 nitrogen and oxygen atoms in total. The molecule has 0 aliphatic carbocycles. The van der Waals surface area contributed by atoms with Crippen molar-refractivity contribution in [2.75, 3.05) is 19.5 Å². The largest absolute Gasteiger partial charge is 0.420 e. The number of aromatic nitrogens is 1. The number of benzene rings is 2. The summed E-state index contributed by atoms with van der Waals surface area (Å²) in [5, 5.41) is 3.15. The number of rotatable bonds is 7. The number of anilines is 1. The van der Waals surface area contributed by atoms with E-state index in [0.29, 0.717) is 12.4 Å². The van der Waals surface area contributed by atoms with E-state index in [-0.39, 0.29) is 11.3 Å². The van der Waals surface area contributed by atoms with Crippen molar-refractivity contribution in [3.05, 3.63) is 64.1 Å². The lowest BCUT2D eigenvalue weighted by Gasteiger charge is -2.12. The van der Waals surface area contributed by atoms with Gasteiger partial charge in [0.15, 0.2) is 0 Å². The van der Waals surface area contributed by atoms with Gasteiger partial charge < -0.3 is 18.8 Å². The summed E-state index contributed by atoms with van der Waals surface area (Å²) in [6.45, 7) is 2.51. The number of hydrogen-bond donors (Lipinski definition) is 1. The highest BCUT2D eigenvalue weighted by Gasteiger charge is 2.34. The topological polar surface area (TPSA) is 73.6 Å². The molecule has 8 heteroatoms. The molecule has 0 bridgehead atoms. The highest BCUT2D eigenvalue weighted by molar-refractivity contribution is 9.10. The second kappa shape index (κ2) is 8.40. The standard InChI is InChI=1S/C19H20BrN2O4P/c1-13-4-6-14(7-5-13)12-21-18-19(27(23,24-2)25-3)22-17(26-18)15-8-10-16(20)11-9-15/h4-11,21H,12H2,1-3H3. The first-order valence-corrected chi connectivity index (χ1v) is 10.6. The molecular formula is C19H20BrN2O4P. The molecule has 0 radical (unpaired) electrons. The molecule has 1 N–H and O–H groups in total. The van der Waals surface area contributed by atoms with Gasteiger partial charge in [-0.2, -0.15) is 4.98 Å². The third-order valence-electron chi connectivity index (χ3n) is 4.01. The van der Waals surface area contributed by atoms with Crippen LogP contribution in [0.4, 0.5) is 5.88 Å². The molecule has 0 saturated carbocycles. The molecule has 3 rings (SSSR count). The highest BCUT2D eigenvalue weighted by Crippen LogP contribution is 2.47. The van der Waals surface area contributed by atoms with E-state index >= 15 is 0 Å². The van der Waals surface area contributed by atoms with Gasteiger partial charge in [0.25, 0.3) is 0 Å². The zero-order valence-corrected chi connectivity index (χ0v) is 17.7. The van der Waals surface area contributed by atoms with Crippen LogP contribution < -0.4 is 10.8 Å². The average molecular weight is 451 g/mol. The van der Waals surface area contributed by atoms with E-state index in [1.165, 1.54) is 19.8 Å². The van der Waals surface area contributed by atoms with E-state index in [1.54, 1.807) is 0 Å². The Labute approximate surface area is 166 Å². The second-order valence-corrected chi connectivity index (χ2v) is 8.94. The van der Waals surface area contributed by atoms with Crippen LogP contribution in [-0.4, -0.2) is 19.2 Å². The first-order chi connectivity index (χ1) is 12.9. The molecule has 3 aromatic rings. The van der Waals surface area contributed by atoms with E-state index < -0.39 is 7.60 Å². The Bertz CT molecular complexity index is 947. The first kappa shape index (κ1) is 19.8. The molecule has 142 valence electrons. The molecular weight excluding hydrogens is 431 g/mol. The maximum Gasteiger partial charge on any atom is 0.384 e. The molecule has 0 fully saturated rings. The van der Waals surface area contributed by atoms with Crippen LogP contribution in [0.15, 0.2) is 57.4 Å². The number of nitrogens with one attached hydrogen (secondary N) is 1. The Morgan fingerprint density at radius 3 is 2.30 bits per heavy atom.